The number of thioether (sulfide) groups is 2. The summed E-state index contributed by atoms with van der Waals surface area (Å²) >= 11 is 3.66. The van der Waals surface area contributed by atoms with Crippen molar-refractivity contribution in [1.29, 1.82) is 0 Å². The van der Waals surface area contributed by atoms with Gasteiger partial charge in [0.25, 0.3) is 0 Å². The summed E-state index contributed by atoms with van der Waals surface area (Å²) in [5.41, 5.74) is 0. The molecule has 0 spiro atoms. The lowest BCUT2D eigenvalue weighted by atomic mass is 10.1. The SMILES string of the molecule is CSC1CCCCN(C(=O)CSCC2CCCCO2)C1. The molecule has 1 amide bonds. The van der Waals surface area contributed by atoms with Crippen molar-refractivity contribution in [1.82, 2.24) is 4.90 Å². The van der Waals surface area contributed by atoms with Gasteiger partial charge in [0.15, 0.2) is 0 Å². The highest BCUT2D eigenvalue weighted by Gasteiger charge is 2.22. The second-order valence-electron chi connectivity index (χ2n) is 5.70. The Labute approximate surface area is 131 Å². The quantitative estimate of drug-likeness (QED) is 0.779. The van der Waals surface area contributed by atoms with E-state index in [2.05, 4.69) is 11.2 Å². The fourth-order valence-electron chi connectivity index (χ4n) is 2.83. The molecule has 0 N–H and O–H groups in total. The van der Waals surface area contributed by atoms with Crippen LogP contribution in [0, 0.1) is 0 Å². The normalized spacial score (nSPS) is 28.1. The van der Waals surface area contributed by atoms with Crippen molar-refractivity contribution in [3.63, 3.8) is 0 Å². The number of nitrogens with zero attached hydrogens (tertiary/aromatic N) is 1. The average Bonchev–Trinajstić information content (AvgIpc) is 2.74. The highest BCUT2D eigenvalue weighted by Crippen LogP contribution is 2.21. The molecule has 0 bridgehead atoms. The van der Waals surface area contributed by atoms with Crippen LogP contribution in [-0.2, 0) is 9.53 Å². The molecular formula is C15H27NO2S2. The highest BCUT2D eigenvalue weighted by atomic mass is 32.2. The summed E-state index contributed by atoms with van der Waals surface area (Å²) in [6.45, 7) is 2.80. The van der Waals surface area contributed by atoms with Crippen molar-refractivity contribution in [3.05, 3.63) is 0 Å². The number of hydrogen-bond donors (Lipinski definition) is 0. The Bertz CT molecular complexity index is 296. The van der Waals surface area contributed by atoms with E-state index in [0.29, 0.717) is 23.0 Å². The van der Waals surface area contributed by atoms with Gasteiger partial charge in [-0.3, -0.25) is 4.79 Å². The Hall–Kier alpha value is 0.130. The molecular weight excluding hydrogens is 290 g/mol. The van der Waals surface area contributed by atoms with Gasteiger partial charge in [0.1, 0.15) is 0 Å². The molecule has 2 rings (SSSR count). The summed E-state index contributed by atoms with van der Waals surface area (Å²) < 4.78 is 5.71. The predicted molar refractivity (Wildman–Crippen MR) is 88.7 cm³/mol. The van der Waals surface area contributed by atoms with E-state index in [0.717, 1.165) is 25.4 Å². The molecule has 0 aromatic heterocycles. The van der Waals surface area contributed by atoms with E-state index in [1.165, 1.54) is 38.5 Å². The molecule has 0 aliphatic carbocycles. The monoisotopic (exact) mass is 317 g/mol. The first-order chi connectivity index (χ1) is 9.79. The van der Waals surface area contributed by atoms with Crippen molar-refractivity contribution in [2.45, 2.75) is 49.9 Å². The predicted octanol–water partition coefficient (Wildman–Crippen LogP) is 3.03. The molecule has 5 heteroatoms. The Balaban J connectivity index is 1.67. The van der Waals surface area contributed by atoms with Gasteiger partial charge in [-0.25, -0.2) is 0 Å². The van der Waals surface area contributed by atoms with E-state index >= 15 is 0 Å². The summed E-state index contributed by atoms with van der Waals surface area (Å²) in [4.78, 5) is 14.4. The van der Waals surface area contributed by atoms with E-state index < -0.39 is 0 Å². The number of ether oxygens (including phenoxy) is 1. The zero-order valence-electron chi connectivity index (χ0n) is 12.5. The Kier molecular flexibility index (Phi) is 7.60. The van der Waals surface area contributed by atoms with Gasteiger partial charge in [-0.05, 0) is 38.4 Å². The molecule has 0 aromatic carbocycles. The number of amides is 1. The van der Waals surface area contributed by atoms with E-state index in [-0.39, 0.29) is 0 Å². The van der Waals surface area contributed by atoms with Crippen molar-refractivity contribution in [3.8, 4) is 0 Å². The van der Waals surface area contributed by atoms with E-state index in [1.807, 2.05) is 11.8 Å². The Morgan fingerprint density at radius 1 is 1.25 bits per heavy atom. The number of hydrogen-bond acceptors (Lipinski definition) is 4. The molecule has 2 fully saturated rings. The molecule has 20 heavy (non-hydrogen) atoms. The van der Waals surface area contributed by atoms with E-state index in [4.69, 9.17) is 4.74 Å². The summed E-state index contributed by atoms with van der Waals surface area (Å²) in [5, 5.41) is 0.633. The Morgan fingerprint density at radius 3 is 2.85 bits per heavy atom. The molecule has 2 atom stereocenters. The van der Waals surface area contributed by atoms with Crippen molar-refractivity contribution < 1.29 is 9.53 Å². The van der Waals surface area contributed by atoms with Crippen molar-refractivity contribution in [2.24, 2.45) is 0 Å². The number of likely N-dealkylation sites (tertiary alicyclic amines) is 1. The fraction of sp³-hybridized carbons (Fsp3) is 0.933. The lowest BCUT2D eigenvalue weighted by molar-refractivity contribution is -0.128. The van der Waals surface area contributed by atoms with E-state index in [9.17, 15) is 4.79 Å². The maximum absolute atomic E-state index is 12.3. The zero-order valence-corrected chi connectivity index (χ0v) is 14.1. The second-order valence-corrected chi connectivity index (χ2v) is 7.87. The topological polar surface area (TPSA) is 29.5 Å². The first-order valence-corrected chi connectivity index (χ1v) is 10.2. The Morgan fingerprint density at radius 2 is 2.10 bits per heavy atom. The van der Waals surface area contributed by atoms with Crippen LogP contribution in [0.25, 0.3) is 0 Å². The summed E-state index contributed by atoms with van der Waals surface area (Å²) in [6, 6.07) is 0. The van der Waals surface area contributed by atoms with Crippen LogP contribution in [0.4, 0.5) is 0 Å². The maximum Gasteiger partial charge on any atom is 0.232 e. The molecule has 0 aromatic rings. The van der Waals surface area contributed by atoms with Gasteiger partial charge in [-0.15, -0.1) is 11.8 Å². The second kappa shape index (κ2) is 9.21. The van der Waals surface area contributed by atoms with E-state index in [1.54, 1.807) is 11.8 Å². The van der Waals surface area contributed by atoms with Crippen LogP contribution >= 0.6 is 23.5 Å². The molecule has 2 saturated heterocycles. The molecule has 0 saturated carbocycles. The fourth-order valence-corrected chi connectivity index (χ4v) is 4.56. The molecule has 0 radical (unpaired) electrons. The minimum atomic E-state index is 0.326. The minimum absolute atomic E-state index is 0.326. The average molecular weight is 318 g/mol. The van der Waals surface area contributed by atoms with Crippen molar-refractivity contribution >= 4 is 29.4 Å². The van der Waals surface area contributed by atoms with Crippen molar-refractivity contribution in [2.75, 3.05) is 37.5 Å². The van der Waals surface area contributed by atoms with Gasteiger partial charge in [0.05, 0.1) is 11.9 Å². The van der Waals surface area contributed by atoms with Gasteiger partial charge >= 0.3 is 0 Å². The number of carbonyl (C=O) groups is 1. The zero-order chi connectivity index (χ0) is 14.2. The highest BCUT2D eigenvalue weighted by molar-refractivity contribution is 8.00. The first kappa shape index (κ1) is 16.5. The van der Waals surface area contributed by atoms with Crippen LogP contribution in [0.2, 0.25) is 0 Å². The molecule has 3 nitrogen and oxygen atoms in total. The molecule has 116 valence electrons. The van der Waals surface area contributed by atoms with Crippen LogP contribution < -0.4 is 0 Å². The van der Waals surface area contributed by atoms with Crippen LogP contribution in [0.3, 0.4) is 0 Å². The van der Waals surface area contributed by atoms with Gasteiger partial charge < -0.3 is 9.64 Å². The van der Waals surface area contributed by atoms with Crippen LogP contribution in [-0.4, -0.2) is 59.6 Å². The van der Waals surface area contributed by atoms with Gasteiger partial charge in [-0.2, -0.15) is 11.8 Å². The van der Waals surface area contributed by atoms with Crippen LogP contribution in [0.1, 0.15) is 38.5 Å². The third-order valence-electron chi connectivity index (χ3n) is 4.12. The largest absolute Gasteiger partial charge is 0.377 e. The number of carbonyl (C=O) groups excluding carboxylic acids is 1. The lowest BCUT2D eigenvalue weighted by Gasteiger charge is -2.25. The smallest absolute Gasteiger partial charge is 0.232 e. The summed E-state index contributed by atoms with van der Waals surface area (Å²) in [6.07, 6.45) is 9.87. The summed E-state index contributed by atoms with van der Waals surface area (Å²) in [7, 11) is 0. The van der Waals surface area contributed by atoms with Gasteiger partial charge in [0, 0.05) is 30.7 Å². The summed E-state index contributed by atoms with van der Waals surface area (Å²) in [5.74, 6) is 1.93. The van der Waals surface area contributed by atoms with Crippen LogP contribution in [0.5, 0.6) is 0 Å². The maximum atomic E-state index is 12.3. The standard InChI is InChI=1S/C15H27NO2S2/c1-19-14-7-2-4-8-16(10-14)15(17)12-20-11-13-6-3-5-9-18-13/h13-14H,2-12H2,1H3. The first-order valence-electron chi connectivity index (χ1n) is 7.79. The molecule has 2 aliphatic heterocycles. The van der Waals surface area contributed by atoms with Gasteiger partial charge in [0.2, 0.25) is 5.91 Å². The lowest BCUT2D eigenvalue weighted by Crippen LogP contribution is -2.37. The third kappa shape index (κ3) is 5.49. The molecule has 2 heterocycles. The van der Waals surface area contributed by atoms with Crippen LogP contribution in [0.15, 0.2) is 0 Å². The van der Waals surface area contributed by atoms with Gasteiger partial charge in [-0.1, -0.05) is 6.42 Å². The molecule has 2 unspecified atom stereocenters. The third-order valence-corrected chi connectivity index (χ3v) is 6.23. The number of rotatable bonds is 5. The minimum Gasteiger partial charge on any atom is -0.377 e. The molecule has 2 aliphatic rings.